The molecule has 1 aromatic carbocycles. The molecule has 3 N–H and O–H groups in total. The first-order valence-electron chi connectivity index (χ1n) is 11.9. The van der Waals surface area contributed by atoms with Crippen molar-refractivity contribution in [1.82, 2.24) is 10.3 Å². The molecule has 2 heterocycles. The van der Waals surface area contributed by atoms with E-state index in [1.54, 1.807) is 36.5 Å². The molecule has 0 radical (unpaired) electrons. The molecule has 0 spiro atoms. The van der Waals surface area contributed by atoms with E-state index < -0.39 is 0 Å². The van der Waals surface area contributed by atoms with Gasteiger partial charge in [0.15, 0.2) is 0 Å². The Labute approximate surface area is 209 Å². The van der Waals surface area contributed by atoms with Gasteiger partial charge in [-0.3, -0.25) is 19.4 Å². The molecule has 0 bridgehead atoms. The third kappa shape index (κ3) is 5.77. The normalized spacial score (nSPS) is 12.7. The molecule has 3 aromatic rings. The largest absolute Gasteiger partial charge is 0.352 e. The molecule has 182 valence electrons. The molecule has 0 saturated carbocycles. The summed E-state index contributed by atoms with van der Waals surface area (Å²) in [6.45, 7) is 6.55. The van der Waals surface area contributed by atoms with Crippen LogP contribution in [0.4, 0.5) is 10.7 Å². The maximum Gasteiger partial charge on any atom is 0.258 e. The first-order valence-corrected chi connectivity index (χ1v) is 12.7. The molecule has 0 atom stereocenters. The average molecular weight is 491 g/mol. The first kappa shape index (κ1) is 24.6. The summed E-state index contributed by atoms with van der Waals surface area (Å²) in [6, 6.07) is 8.64. The number of hydrogen-bond acceptors (Lipinski definition) is 5. The highest BCUT2D eigenvalue weighted by Gasteiger charge is 2.27. The van der Waals surface area contributed by atoms with Gasteiger partial charge in [-0.15, -0.1) is 11.3 Å². The van der Waals surface area contributed by atoms with E-state index in [-0.39, 0.29) is 17.7 Å². The van der Waals surface area contributed by atoms with Crippen LogP contribution in [0.3, 0.4) is 0 Å². The Balaban J connectivity index is 1.57. The standard InChI is InChI=1S/C27H30N4O3S/c1-16(2)14-29-24(32)18-10-11-21(17(3)13-18)30-26(34)23-20-8-4-5-9-22(20)35-27(23)31-25(33)19-7-6-12-28-15-19/h6-7,10-13,15-16H,4-5,8-9,14H2,1-3H3,(H,29,32)(H,30,34)(H,31,33). The van der Waals surface area contributed by atoms with Gasteiger partial charge in [-0.1, -0.05) is 13.8 Å². The van der Waals surface area contributed by atoms with Crippen molar-refractivity contribution in [3.05, 3.63) is 75.4 Å². The summed E-state index contributed by atoms with van der Waals surface area (Å²) in [5.74, 6) is -0.320. The molecule has 1 aliphatic rings. The van der Waals surface area contributed by atoms with Gasteiger partial charge in [-0.05, 0) is 80.0 Å². The lowest BCUT2D eigenvalue weighted by atomic mass is 9.95. The Bertz CT molecular complexity index is 1250. The topological polar surface area (TPSA) is 100 Å². The molecule has 7 nitrogen and oxygen atoms in total. The molecule has 0 saturated heterocycles. The number of hydrogen-bond donors (Lipinski definition) is 3. The number of benzene rings is 1. The van der Waals surface area contributed by atoms with Crippen LogP contribution >= 0.6 is 11.3 Å². The zero-order valence-corrected chi connectivity index (χ0v) is 21.1. The van der Waals surface area contributed by atoms with Crippen molar-refractivity contribution in [1.29, 1.82) is 0 Å². The Morgan fingerprint density at radius 3 is 2.51 bits per heavy atom. The van der Waals surface area contributed by atoms with Gasteiger partial charge in [0.2, 0.25) is 0 Å². The number of pyridine rings is 1. The van der Waals surface area contributed by atoms with Crippen LogP contribution in [0.15, 0.2) is 42.7 Å². The highest BCUT2D eigenvalue weighted by Crippen LogP contribution is 2.39. The fraction of sp³-hybridized carbons (Fsp3) is 0.333. The number of nitrogens with zero attached hydrogens (tertiary/aromatic N) is 1. The summed E-state index contributed by atoms with van der Waals surface area (Å²) < 4.78 is 0. The highest BCUT2D eigenvalue weighted by molar-refractivity contribution is 7.17. The van der Waals surface area contributed by atoms with E-state index in [1.807, 2.05) is 20.8 Å². The van der Waals surface area contributed by atoms with Gasteiger partial charge in [-0.2, -0.15) is 0 Å². The van der Waals surface area contributed by atoms with Crippen molar-refractivity contribution in [3.8, 4) is 0 Å². The van der Waals surface area contributed by atoms with Crippen molar-refractivity contribution in [2.24, 2.45) is 5.92 Å². The SMILES string of the molecule is Cc1cc(C(=O)NCC(C)C)ccc1NC(=O)c1c(NC(=O)c2cccnc2)sc2c1CCCC2. The van der Waals surface area contributed by atoms with Crippen LogP contribution in [0, 0.1) is 12.8 Å². The minimum atomic E-state index is -0.293. The monoisotopic (exact) mass is 490 g/mol. The fourth-order valence-corrected chi connectivity index (χ4v) is 5.38. The molecule has 0 unspecified atom stereocenters. The van der Waals surface area contributed by atoms with Crippen molar-refractivity contribution < 1.29 is 14.4 Å². The van der Waals surface area contributed by atoms with Crippen LogP contribution in [0.25, 0.3) is 0 Å². The van der Waals surface area contributed by atoms with E-state index in [0.29, 0.717) is 39.8 Å². The minimum Gasteiger partial charge on any atom is -0.352 e. The fourth-order valence-electron chi connectivity index (χ4n) is 4.10. The average Bonchev–Trinajstić information content (AvgIpc) is 3.22. The van der Waals surface area contributed by atoms with Crippen molar-refractivity contribution in [3.63, 3.8) is 0 Å². The van der Waals surface area contributed by atoms with Crippen LogP contribution in [0.1, 0.15) is 73.8 Å². The Kier molecular flexibility index (Phi) is 7.60. The second kappa shape index (κ2) is 10.8. The van der Waals surface area contributed by atoms with E-state index in [1.165, 1.54) is 17.5 Å². The van der Waals surface area contributed by atoms with E-state index >= 15 is 0 Å². The zero-order valence-electron chi connectivity index (χ0n) is 20.2. The number of rotatable bonds is 7. The quantitative estimate of drug-likeness (QED) is 0.423. The van der Waals surface area contributed by atoms with Crippen LogP contribution in [-0.4, -0.2) is 29.3 Å². The summed E-state index contributed by atoms with van der Waals surface area (Å²) in [5.41, 5.74) is 3.96. The number of thiophene rings is 1. The van der Waals surface area contributed by atoms with E-state index in [0.717, 1.165) is 41.7 Å². The number of amides is 3. The van der Waals surface area contributed by atoms with Gasteiger partial charge in [0, 0.05) is 35.1 Å². The number of aromatic nitrogens is 1. The smallest absolute Gasteiger partial charge is 0.258 e. The summed E-state index contributed by atoms with van der Waals surface area (Å²) in [5, 5.41) is 9.42. The number of carbonyl (C=O) groups excluding carboxylic acids is 3. The molecule has 35 heavy (non-hydrogen) atoms. The molecular formula is C27H30N4O3S. The summed E-state index contributed by atoms with van der Waals surface area (Å²) >= 11 is 1.48. The van der Waals surface area contributed by atoms with Crippen LogP contribution in [-0.2, 0) is 12.8 Å². The Morgan fingerprint density at radius 2 is 1.80 bits per heavy atom. The zero-order chi connectivity index (χ0) is 24.9. The highest BCUT2D eigenvalue weighted by atomic mass is 32.1. The van der Waals surface area contributed by atoms with Gasteiger partial charge in [0.25, 0.3) is 17.7 Å². The predicted octanol–water partition coefficient (Wildman–Crippen LogP) is 5.22. The van der Waals surface area contributed by atoms with Gasteiger partial charge >= 0.3 is 0 Å². The second-order valence-corrected chi connectivity index (χ2v) is 10.3. The lowest BCUT2D eigenvalue weighted by Gasteiger charge is -2.15. The van der Waals surface area contributed by atoms with Gasteiger partial charge in [0.05, 0.1) is 11.1 Å². The second-order valence-electron chi connectivity index (χ2n) is 9.20. The molecular weight excluding hydrogens is 460 g/mol. The minimum absolute atomic E-state index is 0.132. The van der Waals surface area contributed by atoms with Gasteiger partial charge in [-0.25, -0.2) is 0 Å². The summed E-state index contributed by atoms with van der Waals surface area (Å²) in [7, 11) is 0. The molecule has 0 aliphatic heterocycles. The van der Waals surface area contributed by atoms with Crippen molar-refractivity contribution in [2.45, 2.75) is 46.5 Å². The van der Waals surface area contributed by atoms with Crippen LogP contribution in [0.2, 0.25) is 0 Å². The molecule has 4 rings (SSSR count). The Hall–Kier alpha value is -3.52. The third-order valence-electron chi connectivity index (χ3n) is 5.96. The number of carbonyl (C=O) groups is 3. The van der Waals surface area contributed by atoms with E-state index in [4.69, 9.17) is 0 Å². The van der Waals surface area contributed by atoms with Crippen LogP contribution < -0.4 is 16.0 Å². The van der Waals surface area contributed by atoms with Gasteiger partial charge in [0.1, 0.15) is 5.00 Å². The Morgan fingerprint density at radius 1 is 1.00 bits per heavy atom. The van der Waals surface area contributed by atoms with E-state index in [2.05, 4.69) is 20.9 Å². The van der Waals surface area contributed by atoms with Crippen LogP contribution in [0.5, 0.6) is 0 Å². The molecule has 3 amide bonds. The summed E-state index contributed by atoms with van der Waals surface area (Å²) in [6.07, 6.45) is 6.92. The van der Waals surface area contributed by atoms with Crippen molar-refractivity contribution in [2.75, 3.05) is 17.2 Å². The maximum atomic E-state index is 13.5. The first-order chi connectivity index (χ1) is 16.8. The number of anilines is 2. The van der Waals surface area contributed by atoms with E-state index in [9.17, 15) is 14.4 Å². The lowest BCUT2D eigenvalue weighted by molar-refractivity contribution is 0.0947. The molecule has 1 aliphatic carbocycles. The van der Waals surface area contributed by atoms with Crippen molar-refractivity contribution >= 4 is 39.7 Å². The molecule has 2 aromatic heterocycles. The van der Waals surface area contributed by atoms with Gasteiger partial charge < -0.3 is 16.0 Å². The summed E-state index contributed by atoms with van der Waals surface area (Å²) in [4.78, 5) is 43.8. The lowest BCUT2D eigenvalue weighted by Crippen LogP contribution is -2.27. The third-order valence-corrected chi connectivity index (χ3v) is 7.16. The number of nitrogens with one attached hydrogen (secondary N) is 3. The number of aryl methyl sites for hydroxylation is 2. The molecule has 0 fully saturated rings. The predicted molar refractivity (Wildman–Crippen MR) is 139 cm³/mol. The molecule has 8 heteroatoms. The maximum absolute atomic E-state index is 13.5. The number of fused-ring (bicyclic) bond motifs is 1.